The Morgan fingerprint density at radius 1 is 0.429 bits per heavy atom. The van der Waals surface area contributed by atoms with E-state index in [2.05, 4.69) is 19.2 Å². The van der Waals surface area contributed by atoms with Gasteiger partial charge in [-0.25, -0.2) is 0 Å². The number of hydrogen-bond donors (Lipinski definition) is 4. The van der Waals surface area contributed by atoms with Gasteiger partial charge in [-0.15, -0.1) is 0 Å². The highest BCUT2D eigenvalue weighted by Crippen LogP contribution is 2.17. The maximum Gasteiger partial charge on any atom is 0.220 e. The Kier molecular flexibility index (Phi) is 39.6. The van der Waals surface area contributed by atoms with Crippen LogP contribution in [0.25, 0.3) is 0 Å². The quantitative estimate of drug-likeness (QED) is 0.0479. The van der Waals surface area contributed by atoms with E-state index in [1.54, 1.807) is 0 Å². The highest BCUT2D eigenvalue weighted by molar-refractivity contribution is 5.76. The molecule has 0 saturated heterocycles. The van der Waals surface area contributed by atoms with E-state index >= 15 is 0 Å². The van der Waals surface area contributed by atoms with Crippen molar-refractivity contribution in [2.45, 2.75) is 270 Å². The smallest absolute Gasteiger partial charge is 0.220 e. The fourth-order valence-corrected chi connectivity index (χ4v) is 7.22. The van der Waals surface area contributed by atoms with Crippen LogP contribution in [0, 0.1) is 0 Å². The van der Waals surface area contributed by atoms with Gasteiger partial charge in [0.2, 0.25) is 5.91 Å². The van der Waals surface area contributed by atoms with Gasteiger partial charge < -0.3 is 20.6 Å². The van der Waals surface area contributed by atoms with Crippen molar-refractivity contribution in [1.82, 2.24) is 5.32 Å². The maximum absolute atomic E-state index is 12.4. The van der Waals surface area contributed by atoms with E-state index in [0.717, 1.165) is 38.5 Å². The van der Waals surface area contributed by atoms with Crippen LogP contribution in [0.15, 0.2) is 0 Å². The first-order valence-corrected chi connectivity index (χ1v) is 22.3. The first kappa shape index (κ1) is 48.3. The minimum Gasteiger partial charge on any atom is -0.394 e. The highest BCUT2D eigenvalue weighted by atomic mass is 16.3. The number of hydrogen-bond acceptors (Lipinski definition) is 4. The van der Waals surface area contributed by atoms with E-state index in [4.69, 9.17) is 0 Å². The molecule has 5 nitrogen and oxygen atoms in total. The Hall–Kier alpha value is -0.650. The molecule has 0 radical (unpaired) electrons. The standard InChI is InChI=1S/C44H89NO4/c1-3-5-7-9-11-13-15-16-17-18-19-20-21-22-23-24-25-26-27-29-31-33-35-37-39-43(48)45-41(40-46)44(49)42(47)38-36-34-32-30-28-14-12-10-8-6-4-2/h41-42,44,46-47,49H,3-40H2,1-2H3,(H,45,48). The lowest BCUT2D eigenvalue weighted by molar-refractivity contribution is -0.124. The zero-order valence-corrected chi connectivity index (χ0v) is 33.4. The molecular formula is C44H89NO4. The molecule has 0 saturated carbocycles. The second kappa shape index (κ2) is 40.1. The van der Waals surface area contributed by atoms with Crippen LogP contribution >= 0.6 is 0 Å². The molecule has 0 aliphatic heterocycles. The highest BCUT2D eigenvalue weighted by Gasteiger charge is 2.26. The molecule has 294 valence electrons. The fraction of sp³-hybridized carbons (Fsp3) is 0.977. The van der Waals surface area contributed by atoms with Crippen molar-refractivity contribution in [3.8, 4) is 0 Å². The first-order chi connectivity index (χ1) is 24.1. The van der Waals surface area contributed by atoms with Crippen LogP contribution in [-0.4, -0.2) is 46.1 Å². The van der Waals surface area contributed by atoms with Crippen LogP contribution in [0.3, 0.4) is 0 Å². The lowest BCUT2D eigenvalue weighted by Crippen LogP contribution is -2.50. The van der Waals surface area contributed by atoms with Crippen molar-refractivity contribution in [2.24, 2.45) is 0 Å². The number of carbonyl (C=O) groups excluding carboxylic acids is 1. The number of amides is 1. The normalized spacial score (nSPS) is 13.5. The van der Waals surface area contributed by atoms with Crippen molar-refractivity contribution in [1.29, 1.82) is 0 Å². The number of carbonyl (C=O) groups is 1. The van der Waals surface area contributed by atoms with Crippen LogP contribution in [-0.2, 0) is 4.79 Å². The summed E-state index contributed by atoms with van der Waals surface area (Å²) in [6.07, 6.45) is 45.1. The molecule has 0 fully saturated rings. The minimum atomic E-state index is -1.13. The third kappa shape index (κ3) is 35.5. The molecule has 49 heavy (non-hydrogen) atoms. The van der Waals surface area contributed by atoms with Crippen molar-refractivity contribution in [3.05, 3.63) is 0 Å². The van der Waals surface area contributed by atoms with E-state index in [0.29, 0.717) is 12.8 Å². The van der Waals surface area contributed by atoms with Gasteiger partial charge in [0, 0.05) is 6.42 Å². The molecule has 0 spiro atoms. The second-order valence-electron chi connectivity index (χ2n) is 15.6. The number of aliphatic hydroxyl groups is 3. The van der Waals surface area contributed by atoms with E-state index < -0.39 is 18.2 Å². The van der Waals surface area contributed by atoms with Gasteiger partial charge in [-0.05, 0) is 12.8 Å². The predicted molar refractivity (Wildman–Crippen MR) is 213 cm³/mol. The summed E-state index contributed by atoms with van der Waals surface area (Å²) in [5, 5.41) is 33.4. The third-order valence-corrected chi connectivity index (χ3v) is 10.7. The van der Waals surface area contributed by atoms with Gasteiger partial charge in [0.15, 0.2) is 0 Å². The Morgan fingerprint density at radius 3 is 0.980 bits per heavy atom. The summed E-state index contributed by atoms with van der Waals surface area (Å²) in [5.41, 5.74) is 0. The largest absolute Gasteiger partial charge is 0.394 e. The van der Waals surface area contributed by atoms with Crippen molar-refractivity contribution < 1.29 is 20.1 Å². The summed E-state index contributed by atoms with van der Waals surface area (Å²) < 4.78 is 0. The molecule has 1 amide bonds. The van der Waals surface area contributed by atoms with E-state index in [1.165, 1.54) is 186 Å². The summed E-state index contributed by atoms with van der Waals surface area (Å²) >= 11 is 0. The van der Waals surface area contributed by atoms with E-state index in [1.807, 2.05) is 0 Å². The third-order valence-electron chi connectivity index (χ3n) is 10.7. The molecule has 5 heteroatoms. The Bertz CT molecular complexity index is 644. The summed E-state index contributed by atoms with van der Waals surface area (Å²) in [6, 6.07) is -0.801. The number of aliphatic hydroxyl groups excluding tert-OH is 3. The van der Waals surface area contributed by atoms with Crippen LogP contribution < -0.4 is 5.32 Å². The second-order valence-corrected chi connectivity index (χ2v) is 15.6. The SMILES string of the molecule is CCCCCCCCCCCCCCCCCCCCCCCCCCC(=O)NC(CO)C(O)C(O)CCCCCCCCCCCCC. The Labute approximate surface area is 307 Å². The zero-order valence-electron chi connectivity index (χ0n) is 33.4. The van der Waals surface area contributed by atoms with Crippen molar-refractivity contribution >= 4 is 5.91 Å². The van der Waals surface area contributed by atoms with Gasteiger partial charge in [-0.2, -0.15) is 0 Å². The Morgan fingerprint density at radius 2 is 0.694 bits per heavy atom. The van der Waals surface area contributed by atoms with Crippen LogP contribution in [0.5, 0.6) is 0 Å². The molecule has 0 aromatic carbocycles. The van der Waals surface area contributed by atoms with Gasteiger partial charge in [0.25, 0.3) is 0 Å². The molecule has 4 N–H and O–H groups in total. The van der Waals surface area contributed by atoms with E-state index in [-0.39, 0.29) is 12.5 Å². The average molecular weight is 696 g/mol. The van der Waals surface area contributed by atoms with Gasteiger partial charge in [0.1, 0.15) is 6.10 Å². The summed E-state index contributed by atoms with van der Waals surface area (Å²) in [7, 11) is 0. The summed E-state index contributed by atoms with van der Waals surface area (Å²) in [6.45, 7) is 4.18. The monoisotopic (exact) mass is 696 g/mol. The van der Waals surface area contributed by atoms with Gasteiger partial charge in [-0.1, -0.05) is 232 Å². The van der Waals surface area contributed by atoms with Gasteiger partial charge in [0.05, 0.1) is 18.8 Å². The topological polar surface area (TPSA) is 89.8 Å². The zero-order chi connectivity index (χ0) is 35.9. The molecule has 0 aromatic rings. The lowest BCUT2D eigenvalue weighted by atomic mass is 9.99. The molecule has 0 aliphatic rings. The molecule has 0 aromatic heterocycles. The van der Waals surface area contributed by atoms with Gasteiger partial charge in [-0.3, -0.25) is 4.79 Å². The fourth-order valence-electron chi connectivity index (χ4n) is 7.22. The van der Waals surface area contributed by atoms with Crippen LogP contribution in [0.2, 0.25) is 0 Å². The minimum absolute atomic E-state index is 0.140. The lowest BCUT2D eigenvalue weighted by Gasteiger charge is -2.26. The molecular weight excluding hydrogens is 606 g/mol. The van der Waals surface area contributed by atoms with Crippen molar-refractivity contribution in [3.63, 3.8) is 0 Å². The predicted octanol–water partition coefficient (Wildman–Crippen LogP) is 12.7. The number of rotatable bonds is 41. The number of nitrogens with one attached hydrogen (secondary N) is 1. The molecule has 3 unspecified atom stereocenters. The first-order valence-electron chi connectivity index (χ1n) is 22.3. The molecule has 0 aliphatic carbocycles. The summed E-state index contributed by atoms with van der Waals surface area (Å²) in [4.78, 5) is 12.4. The number of unbranched alkanes of at least 4 members (excludes halogenated alkanes) is 33. The molecule has 0 heterocycles. The Balaban J connectivity index is 3.51. The molecule has 0 bridgehead atoms. The molecule has 3 atom stereocenters. The van der Waals surface area contributed by atoms with E-state index in [9.17, 15) is 20.1 Å². The maximum atomic E-state index is 12.4. The van der Waals surface area contributed by atoms with Crippen LogP contribution in [0.1, 0.15) is 251 Å². The van der Waals surface area contributed by atoms with Crippen LogP contribution in [0.4, 0.5) is 0 Å². The molecule has 0 rings (SSSR count). The summed E-state index contributed by atoms with van der Waals surface area (Å²) in [5.74, 6) is -0.140. The van der Waals surface area contributed by atoms with Crippen molar-refractivity contribution in [2.75, 3.05) is 6.61 Å². The average Bonchev–Trinajstić information content (AvgIpc) is 3.10. The van der Waals surface area contributed by atoms with Gasteiger partial charge >= 0.3 is 0 Å².